The van der Waals surface area contributed by atoms with Crippen LogP contribution in [0.3, 0.4) is 0 Å². The highest BCUT2D eigenvalue weighted by Gasteiger charge is 2.16. The molecule has 0 fully saturated rings. The molecule has 0 unspecified atom stereocenters. The lowest BCUT2D eigenvalue weighted by molar-refractivity contribution is -0.135. The number of likely N-dealkylation sites (N-methyl/N-ethyl adjacent to an activating group) is 1. The molecule has 28 heavy (non-hydrogen) atoms. The van der Waals surface area contributed by atoms with E-state index in [4.69, 9.17) is 4.74 Å². The highest BCUT2D eigenvalue weighted by Crippen LogP contribution is 2.24. The lowest BCUT2D eigenvalue weighted by Gasteiger charge is -2.20. The molecule has 0 aliphatic rings. The van der Waals surface area contributed by atoms with E-state index in [0.717, 1.165) is 16.8 Å². The predicted octanol–water partition coefficient (Wildman–Crippen LogP) is 4.08. The van der Waals surface area contributed by atoms with Gasteiger partial charge < -0.3 is 15.0 Å². The number of benzene rings is 2. The van der Waals surface area contributed by atoms with Crippen molar-refractivity contribution in [1.82, 2.24) is 4.90 Å². The van der Waals surface area contributed by atoms with Crippen LogP contribution in [-0.2, 0) is 15.0 Å². The van der Waals surface area contributed by atoms with E-state index in [9.17, 15) is 9.59 Å². The summed E-state index contributed by atoms with van der Waals surface area (Å²) in [6.07, 6.45) is 0. The van der Waals surface area contributed by atoms with Crippen molar-refractivity contribution in [3.63, 3.8) is 0 Å². The molecule has 0 bridgehead atoms. The molecule has 0 aliphatic heterocycles. The Balaban J connectivity index is 1.85. The Morgan fingerprint density at radius 1 is 1.04 bits per heavy atom. The van der Waals surface area contributed by atoms with Crippen molar-refractivity contribution in [3.05, 3.63) is 59.2 Å². The molecule has 0 aliphatic carbocycles. The van der Waals surface area contributed by atoms with Crippen molar-refractivity contribution in [2.45, 2.75) is 40.0 Å². The van der Waals surface area contributed by atoms with Gasteiger partial charge in [-0.25, -0.2) is 0 Å². The maximum Gasteiger partial charge on any atom is 0.260 e. The van der Waals surface area contributed by atoms with Crippen molar-refractivity contribution in [2.24, 2.45) is 0 Å². The number of anilines is 1. The van der Waals surface area contributed by atoms with E-state index in [1.807, 2.05) is 56.3 Å². The quantitative estimate of drug-likeness (QED) is 0.819. The maximum atomic E-state index is 12.3. The lowest BCUT2D eigenvalue weighted by Crippen LogP contribution is -2.37. The highest BCUT2D eigenvalue weighted by molar-refractivity contribution is 5.95. The molecule has 5 heteroatoms. The van der Waals surface area contributed by atoms with Crippen molar-refractivity contribution in [1.29, 1.82) is 0 Å². The molecule has 0 saturated heterocycles. The van der Waals surface area contributed by atoms with Gasteiger partial charge in [0.2, 0.25) is 5.91 Å². The summed E-state index contributed by atoms with van der Waals surface area (Å²) >= 11 is 0. The smallest absolute Gasteiger partial charge is 0.260 e. The third-order valence-electron chi connectivity index (χ3n) is 4.77. The van der Waals surface area contributed by atoms with Crippen molar-refractivity contribution in [2.75, 3.05) is 25.5 Å². The van der Waals surface area contributed by atoms with Gasteiger partial charge in [0.15, 0.2) is 6.61 Å². The minimum absolute atomic E-state index is 0.0292. The van der Waals surface area contributed by atoms with Crippen LogP contribution >= 0.6 is 0 Å². The standard InChI is InChI=1S/C23H30N2O3/c1-16-8-7-9-20(17(16)2)24-21(26)14-25(6)22(27)15-28-19-12-10-18(11-13-19)23(3,4)5/h7-13H,14-15H2,1-6H3,(H,24,26). The molecule has 0 saturated carbocycles. The average Bonchev–Trinajstić information content (AvgIpc) is 2.63. The van der Waals surface area contributed by atoms with Crippen LogP contribution in [0.1, 0.15) is 37.5 Å². The van der Waals surface area contributed by atoms with Crippen LogP contribution in [-0.4, -0.2) is 36.9 Å². The van der Waals surface area contributed by atoms with E-state index >= 15 is 0 Å². The third kappa shape index (κ3) is 5.84. The van der Waals surface area contributed by atoms with Gasteiger partial charge in [0.25, 0.3) is 5.91 Å². The molecule has 0 radical (unpaired) electrons. The number of nitrogens with one attached hydrogen (secondary N) is 1. The van der Waals surface area contributed by atoms with Crippen LogP contribution in [0.25, 0.3) is 0 Å². The number of hydrogen-bond donors (Lipinski definition) is 1. The number of rotatable bonds is 6. The van der Waals surface area contributed by atoms with E-state index in [2.05, 4.69) is 26.1 Å². The van der Waals surface area contributed by atoms with Crippen LogP contribution in [0, 0.1) is 13.8 Å². The second kappa shape index (κ2) is 8.91. The summed E-state index contributed by atoms with van der Waals surface area (Å²) in [6.45, 7) is 10.2. The van der Waals surface area contributed by atoms with Gasteiger partial charge in [0, 0.05) is 12.7 Å². The van der Waals surface area contributed by atoms with E-state index in [1.54, 1.807) is 7.05 Å². The summed E-state index contributed by atoms with van der Waals surface area (Å²) in [5, 5.41) is 2.86. The van der Waals surface area contributed by atoms with E-state index in [1.165, 1.54) is 10.5 Å². The molecular weight excluding hydrogens is 352 g/mol. The van der Waals surface area contributed by atoms with E-state index in [0.29, 0.717) is 5.75 Å². The SMILES string of the molecule is Cc1cccc(NC(=O)CN(C)C(=O)COc2ccc(C(C)(C)C)cc2)c1C. The van der Waals surface area contributed by atoms with Gasteiger partial charge in [0.1, 0.15) is 5.75 Å². The molecule has 1 N–H and O–H groups in total. The topological polar surface area (TPSA) is 58.6 Å². The van der Waals surface area contributed by atoms with Gasteiger partial charge in [-0.05, 0) is 54.2 Å². The summed E-state index contributed by atoms with van der Waals surface area (Å²) in [5.74, 6) is 0.143. The number of carbonyl (C=O) groups excluding carboxylic acids is 2. The molecule has 0 aromatic heterocycles. The summed E-state index contributed by atoms with van der Waals surface area (Å²) in [5.41, 5.74) is 4.16. The Morgan fingerprint density at radius 3 is 2.29 bits per heavy atom. The van der Waals surface area contributed by atoms with Gasteiger partial charge in [-0.3, -0.25) is 9.59 Å². The Hall–Kier alpha value is -2.82. The van der Waals surface area contributed by atoms with E-state index < -0.39 is 0 Å². The number of amides is 2. The maximum absolute atomic E-state index is 12.3. The normalized spacial score (nSPS) is 11.1. The molecule has 2 aromatic carbocycles. The van der Waals surface area contributed by atoms with Gasteiger partial charge in [-0.1, -0.05) is 45.0 Å². The number of nitrogens with zero attached hydrogens (tertiary/aromatic N) is 1. The predicted molar refractivity (Wildman–Crippen MR) is 113 cm³/mol. The van der Waals surface area contributed by atoms with Crippen LogP contribution in [0.5, 0.6) is 5.75 Å². The van der Waals surface area contributed by atoms with Crippen LogP contribution in [0.2, 0.25) is 0 Å². The Kier molecular flexibility index (Phi) is 6.84. The van der Waals surface area contributed by atoms with Crippen molar-refractivity contribution < 1.29 is 14.3 Å². The average molecular weight is 383 g/mol. The third-order valence-corrected chi connectivity index (χ3v) is 4.77. The molecule has 150 valence electrons. The zero-order valence-corrected chi connectivity index (χ0v) is 17.6. The first-order valence-corrected chi connectivity index (χ1v) is 9.41. The number of hydrogen-bond acceptors (Lipinski definition) is 3. The molecular formula is C23H30N2O3. The van der Waals surface area contributed by atoms with Gasteiger partial charge in [-0.15, -0.1) is 0 Å². The Bertz CT molecular complexity index is 836. The molecule has 2 aromatic rings. The number of aryl methyl sites for hydroxylation is 1. The molecule has 0 heterocycles. The van der Waals surface area contributed by atoms with Crippen molar-refractivity contribution >= 4 is 17.5 Å². The second-order valence-electron chi connectivity index (χ2n) is 8.11. The van der Waals surface area contributed by atoms with E-state index in [-0.39, 0.29) is 30.4 Å². The minimum Gasteiger partial charge on any atom is -0.484 e. The van der Waals surface area contributed by atoms with Gasteiger partial charge in [0.05, 0.1) is 6.54 Å². The summed E-state index contributed by atoms with van der Waals surface area (Å²) in [7, 11) is 1.59. The zero-order valence-electron chi connectivity index (χ0n) is 17.6. The first-order chi connectivity index (χ1) is 13.1. The molecule has 5 nitrogen and oxygen atoms in total. The first-order valence-electron chi connectivity index (χ1n) is 9.41. The largest absolute Gasteiger partial charge is 0.484 e. The fourth-order valence-electron chi connectivity index (χ4n) is 2.69. The molecule has 0 atom stereocenters. The summed E-state index contributed by atoms with van der Waals surface area (Å²) in [6, 6.07) is 13.5. The molecule has 0 spiro atoms. The highest BCUT2D eigenvalue weighted by atomic mass is 16.5. The summed E-state index contributed by atoms with van der Waals surface area (Å²) < 4.78 is 5.57. The second-order valence-corrected chi connectivity index (χ2v) is 8.11. The Labute approximate surface area is 167 Å². The van der Waals surface area contributed by atoms with Gasteiger partial charge in [-0.2, -0.15) is 0 Å². The number of ether oxygens (including phenoxy) is 1. The zero-order chi connectivity index (χ0) is 20.9. The van der Waals surface area contributed by atoms with Crippen LogP contribution < -0.4 is 10.1 Å². The van der Waals surface area contributed by atoms with Gasteiger partial charge >= 0.3 is 0 Å². The van der Waals surface area contributed by atoms with Crippen molar-refractivity contribution in [3.8, 4) is 5.75 Å². The van der Waals surface area contributed by atoms with Crippen LogP contribution in [0.4, 0.5) is 5.69 Å². The molecule has 2 rings (SSSR count). The Morgan fingerprint density at radius 2 is 1.68 bits per heavy atom. The van der Waals surface area contributed by atoms with Crippen LogP contribution in [0.15, 0.2) is 42.5 Å². The first kappa shape index (κ1) is 21.5. The fourth-order valence-corrected chi connectivity index (χ4v) is 2.69. The summed E-state index contributed by atoms with van der Waals surface area (Å²) in [4.78, 5) is 25.9. The lowest BCUT2D eigenvalue weighted by atomic mass is 9.87. The molecule has 2 amide bonds. The fraction of sp³-hybridized carbons (Fsp3) is 0.391. The minimum atomic E-state index is -0.254. The number of carbonyl (C=O) groups is 2. The monoisotopic (exact) mass is 382 g/mol.